The Morgan fingerprint density at radius 1 is 0.403 bits per heavy atom. The summed E-state index contributed by atoms with van der Waals surface area (Å²) < 4.78 is 5.47. The summed E-state index contributed by atoms with van der Waals surface area (Å²) in [5, 5.41) is 23.0. The number of esters is 1. The molecule has 0 radical (unpaired) electrons. The van der Waals surface area contributed by atoms with Gasteiger partial charge in [0.25, 0.3) is 0 Å². The van der Waals surface area contributed by atoms with E-state index in [0.717, 1.165) is 44.9 Å². The van der Waals surface area contributed by atoms with Crippen molar-refractivity contribution in [1.29, 1.82) is 0 Å². The van der Waals surface area contributed by atoms with Crippen LogP contribution in [0.1, 0.15) is 316 Å². The second-order valence-electron chi connectivity index (χ2n) is 20.3. The quantitative estimate of drug-likeness (QED) is 0.0321. The zero-order valence-electron chi connectivity index (χ0n) is 44.9. The van der Waals surface area contributed by atoms with Gasteiger partial charge in [0, 0.05) is 12.8 Å². The van der Waals surface area contributed by atoms with E-state index in [0.29, 0.717) is 19.4 Å². The van der Waals surface area contributed by atoms with E-state index in [1.165, 1.54) is 244 Å². The molecule has 3 N–H and O–H groups in total. The molecule has 0 bridgehead atoms. The van der Waals surface area contributed by atoms with Gasteiger partial charge in [-0.1, -0.05) is 256 Å². The maximum atomic E-state index is 12.4. The van der Waals surface area contributed by atoms with E-state index < -0.39 is 12.1 Å². The molecule has 0 aromatic rings. The number of aliphatic hydroxyl groups excluding tert-OH is 2. The molecular weight excluding hydrogens is 827 g/mol. The maximum absolute atomic E-state index is 12.4. The number of hydrogen-bond acceptors (Lipinski definition) is 5. The number of amides is 1. The molecular formula is C61H115NO5. The van der Waals surface area contributed by atoms with Crippen LogP contribution in [-0.4, -0.2) is 47.4 Å². The van der Waals surface area contributed by atoms with Gasteiger partial charge in [-0.25, -0.2) is 0 Å². The molecule has 0 aliphatic rings. The van der Waals surface area contributed by atoms with Gasteiger partial charge in [-0.2, -0.15) is 0 Å². The molecule has 0 fully saturated rings. The highest BCUT2D eigenvalue weighted by Crippen LogP contribution is 2.16. The van der Waals surface area contributed by atoms with Crippen molar-refractivity contribution in [1.82, 2.24) is 5.32 Å². The predicted molar refractivity (Wildman–Crippen MR) is 292 cm³/mol. The third-order valence-corrected chi connectivity index (χ3v) is 13.6. The fraction of sp³-hybridized carbons (Fsp3) is 0.869. The van der Waals surface area contributed by atoms with Gasteiger partial charge in [-0.3, -0.25) is 9.59 Å². The van der Waals surface area contributed by atoms with Crippen LogP contribution >= 0.6 is 0 Å². The number of allylic oxidation sites excluding steroid dienone is 5. The number of ether oxygens (including phenoxy) is 1. The summed E-state index contributed by atoms with van der Waals surface area (Å²) in [7, 11) is 0. The molecule has 0 heterocycles. The molecule has 67 heavy (non-hydrogen) atoms. The van der Waals surface area contributed by atoms with Crippen molar-refractivity contribution in [2.45, 2.75) is 328 Å². The summed E-state index contributed by atoms with van der Waals surface area (Å²) in [6.45, 7) is 4.87. The SMILES string of the molecule is CCCCCC/C=C\CCCCCCCC(=O)OCCCCCCCCCCCCCC/C=C\CCCCCCCCCCCCCC(=O)NC(CO)C(O)/C=C/CCCCCCCCCC. The standard InChI is InChI=1S/C61H115NO5/c1-3-5-7-9-11-13-15-31-35-39-43-47-51-55-61(66)67-56-52-48-44-40-36-33-30-28-26-24-22-20-18-16-17-19-21-23-25-27-29-32-34-38-42-46-50-54-60(65)62-58(57-63)59(64)53-49-45-41-37-14-12-10-8-6-4-2/h13,15-17,49,53,58-59,63-64H,3-12,14,18-48,50-52,54-57H2,1-2H3,(H,62,65)/b15-13-,17-16-,53-49+. The van der Waals surface area contributed by atoms with Crippen LogP contribution in [0.5, 0.6) is 0 Å². The summed E-state index contributed by atoms with van der Waals surface area (Å²) in [4.78, 5) is 24.4. The van der Waals surface area contributed by atoms with Crippen LogP contribution in [0.3, 0.4) is 0 Å². The van der Waals surface area contributed by atoms with Gasteiger partial charge in [0.05, 0.1) is 25.4 Å². The number of unbranched alkanes of at least 4 members (excludes halogenated alkanes) is 40. The highest BCUT2D eigenvalue weighted by Gasteiger charge is 2.18. The molecule has 0 spiro atoms. The lowest BCUT2D eigenvalue weighted by Crippen LogP contribution is -2.45. The third-order valence-electron chi connectivity index (χ3n) is 13.6. The molecule has 1 amide bonds. The summed E-state index contributed by atoms with van der Waals surface area (Å²) in [5.74, 6) is -0.0655. The smallest absolute Gasteiger partial charge is 0.305 e. The lowest BCUT2D eigenvalue weighted by atomic mass is 10.0. The van der Waals surface area contributed by atoms with E-state index in [1.807, 2.05) is 6.08 Å². The van der Waals surface area contributed by atoms with E-state index >= 15 is 0 Å². The number of rotatable bonds is 55. The van der Waals surface area contributed by atoms with Crippen molar-refractivity contribution in [3.05, 3.63) is 36.5 Å². The molecule has 2 unspecified atom stereocenters. The van der Waals surface area contributed by atoms with Gasteiger partial charge in [0.1, 0.15) is 0 Å². The van der Waals surface area contributed by atoms with Crippen molar-refractivity contribution < 1.29 is 24.5 Å². The minimum absolute atomic E-state index is 0.00508. The fourth-order valence-corrected chi connectivity index (χ4v) is 9.03. The average molecular weight is 943 g/mol. The Morgan fingerprint density at radius 2 is 0.701 bits per heavy atom. The Balaban J connectivity index is 3.38. The Morgan fingerprint density at radius 3 is 1.07 bits per heavy atom. The second-order valence-corrected chi connectivity index (χ2v) is 20.3. The Kier molecular flexibility index (Phi) is 55.0. The zero-order valence-corrected chi connectivity index (χ0v) is 44.9. The minimum Gasteiger partial charge on any atom is -0.466 e. The Hall–Kier alpha value is -1.92. The molecule has 0 aliphatic heterocycles. The molecule has 6 heteroatoms. The van der Waals surface area contributed by atoms with Crippen LogP contribution in [0.2, 0.25) is 0 Å². The van der Waals surface area contributed by atoms with Crippen LogP contribution in [0.25, 0.3) is 0 Å². The van der Waals surface area contributed by atoms with E-state index in [1.54, 1.807) is 6.08 Å². The topological polar surface area (TPSA) is 95.9 Å². The van der Waals surface area contributed by atoms with Gasteiger partial charge in [0.15, 0.2) is 0 Å². The monoisotopic (exact) mass is 942 g/mol. The van der Waals surface area contributed by atoms with Crippen LogP contribution in [0.15, 0.2) is 36.5 Å². The molecule has 0 saturated carbocycles. The Labute approximate surface area is 417 Å². The zero-order chi connectivity index (χ0) is 48.6. The second kappa shape index (κ2) is 56.7. The van der Waals surface area contributed by atoms with Crippen LogP contribution in [-0.2, 0) is 14.3 Å². The van der Waals surface area contributed by atoms with E-state index in [2.05, 4.69) is 43.5 Å². The molecule has 0 saturated heterocycles. The minimum atomic E-state index is -0.843. The van der Waals surface area contributed by atoms with Gasteiger partial charge >= 0.3 is 5.97 Å². The summed E-state index contributed by atoms with van der Waals surface area (Å²) in [5.41, 5.74) is 0. The van der Waals surface area contributed by atoms with Crippen molar-refractivity contribution in [3.8, 4) is 0 Å². The summed E-state index contributed by atoms with van der Waals surface area (Å²) in [6, 6.07) is -0.627. The normalized spacial score (nSPS) is 12.8. The number of hydrogen-bond donors (Lipinski definition) is 3. The molecule has 394 valence electrons. The van der Waals surface area contributed by atoms with E-state index in [-0.39, 0.29) is 18.5 Å². The summed E-state index contributed by atoms with van der Waals surface area (Å²) in [6.07, 6.45) is 70.5. The molecule has 0 rings (SSSR count). The van der Waals surface area contributed by atoms with Gasteiger partial charge in [0.2, 0.25) is 5.91 Å². The van der Waals surface area contributed by atoms with Gasteiger partial charge in [-0.15, -0.1) is 0 Å². The first-order chi connectivity index (χ1) is 33.0. The lowest BCUT2D eigenvalue weighted by Gasteiger charge is -2.20. The largest absolute Gasteiger partial charge is 0.466 e. The first kappa shape index (κ1) is 65.1. The van der Waals surface area contributed by atoms with Gasteiger partial charge in [-0.05, 0) is 83.5 Å². The van der Waals surface area contributed by atoms with Crippen molar-refractivity contribution >= 4 is 11.9 Å². The molecule has 2 atom stereocenters. The lowest BCUT2D eigenvalue weighted by molar-refractivity contribution is -0.143. The first-order valence-corrected chi connectivity index (χ1v) is 29.8. The first-order valence-electron chi connectivity index (χ1n) is 29.8. The number of carbonyl (C=O) groups is 2. The predicted octanol–water partition coefficient (Wildman–Crippen LogP) is 18.4. The summed E-state index contributed by atoms with van der Waals surface area (Å²) >= 11 is 0. The van der Waals surface area contributed by atoms with Crippen LogP contribution in [0, 0.1) is 0 Å². The Bertz CT molecular complexity index is 1090. The molecule has 0 aromatic heterocycles. The van der Waals surface area contributed by atoms with E-state index in [9.17, 15) is 19.8 Å². The van der Waals surface area contributed by atoms with E-state index in [4.69, 9.17) is 4.74 Å². The third kappa shape index (κ3) is 53.3. The molecule has 0 aliphatic carbocycles. The maximum Gasteiger partial charge on any atom is 0.305 e. The number of nitrogens with one attached hydrogen (secondary N) is 1. The van der Waals surface area contributed by atoms with Crippen LogP contribution in [0.4, 0.5) is 0 Å². The van der Waals surface area contributed by atoms with Gasteiger partial charge < -0.3 is 20.3 Å². The molecule has 6 nitrogen and oxygen atoms in total. The van der Waals surface area contributed by atoms with Crippen LogP contribution < -0.4 is 5.32 Å². The van der Waals surface area contributed by atoms with Crippen molar-refractivity contribution in [2.24, 2.45) is 0 Å². The average Bonchev–Trinajstić information content (AvgIpc) is 3.33. The number of carbonyl (C=O) groups excluding carboxylic acids is 2. The van der Waals surface area contributed by atoms with Crippen molar-refractivity contribution in [3.63, 3.8) is 0 Å². The number of aliphatic hydroxyl groups is 2. The van der Waals surface area contributed by atoms with Crippen molar-refractivity contribution in [2.75, 3.05) is 13.2 Å². The fourth-order valence-electron chi connectivity index (χ4n) is 9.03. The highest BCUT2D eigenvalue weighted by atomic mass is 16.5. The molecule has 0 aromatic carbocycles. The highest BCUT2D eigenvalue weighted by molar-refractivity contribution is 5.76.